The molecule has 1 rings (SSSR count). The summed E-state index contributed by atoms with van der Waals surface area (Å²) in [5, 5.41) is 0. The van der Waals surface area contributed by atoms with E-state index in [9.17, 15) is 8.42 Å². The maximum absolute atomic E-state index is 9.33. The first kappa shape index (κ1) is 13.9. The largest absolute Gasteiger partial charge is 0.397 e. The van der Waals surface area contributed by atoms with Gasteiger partial charge in [-0.25, -0.2) is 0 Å². The van der Waals surface area contributed by atoms with Gasteiger partial charge >= 0.3 is 10.4 Å². The van der Waals surface area contributed by atoms with Crippen LogP contribution in [0.3, 0.4) is 0 Å². The molecule has 0 fully saturated rings. The van der Waals surface area contributed by atoms with Crippen LogP contribution in [0.5, 0.6) is 0 Å². The zero-order valence-corrected chi connectivity index (χ0v) is 9.57. The summed E-state index contributed by atoms with van der Waals surface area (Å²) in [4.78, 5) is 2.12. The number of allylic oxidation sites excluding steroid dienone is 3. The third-order valence-corrected chi connectivity index (χ3v) is 2.00. The standard InChI is InChI=1S/C8H11N.CH4O4S/c1-3-8-4-6-9(2)7-5-8;1-5-6(2,3)4/h3-6H,1,7H2,2H3;1H3,(H,2,3,4). The smallest absolute Gasteiger partial charge is 0.377 e. The van der Waals surface area contributed by atoms with Crippen molar-refractivity contribution in [2.24, 2.45) is 0 Å². The van der Waals surface area contributed by atoms with Crippen molar-refractivity contribution in [2.75, 3.05) is 20.7 Å². The first-order valence-electron chi connectivity index (χ1n) is 4.13. The van der Waals surface area contributed by atoms with Gasteiger partial charge in [-0.1, -0.05) is 18.7 Å². The first-order valence-corrected chi connectivity index (χ1v) is 5.49. The van der Waals surface area contributed by atoms with Crippen molar-refractivity contribution in [3.05, 3.63) is 36.6 Å². The summed E-state index contributed by atoms with van der Waals surface area (Å²) in [6, 6.07) is 0. The molecule has 5 nitrogen and oxygen atoms in total. The van der Waals surface area contributed by atoms with E-state index in [0.717, 1.165) is 13.7 Å². The predicted octanol–water partition coefficient (Wildman–Crippen LogP) is 0.994. The van der Waals surface area contributed by atoms with E-state index in [2.05, 4.69) is 34.0 Å². The third kappa shape index (κ3) is 7.92. The molecule has 86 valence electrons. The van der Waals surface area contributed by atoms with Gasteiger partial charge in [0.05, 0.1) is 7.11 Å². The minimum absolute atomic E-state index is 0.870. The van der Waals surface area contributed by atoms with Gasteiger partial charge in [0.1, 0.15) is 0 Å². The van der Waals surface area contributed by atoms with Crippen LogP contribution in [-0.4, -0.2) is 38.6 Å². The highest BCUT2D eigenvalue weighted by molar-refractivity contribution is 7.80. The van der Waals surface area contributed by atoms with Crippen molar-refractivity contribution in [2.45, 2.75) is 0 Å². The second-order valence-electron chi connectivity index (χ2n) is 2.76. The molecule has 1 aliphatic rings. The number of hydrogen-bond acceptors (Lipinski definition) is 4. The summed E-state index contributed by atoms with van der Waals surface area (Å²) in [7, 11) is -1.24. The van der Waals surface area contributed by atoms with Gasteiger partial charge in [-0.15, -0.1) is 0 Å². The summed E-state index contributed by atoms with van der Waals surface area (Å²) in [6.07, 6.45) is 8.12. The molecule has 1 aliphatic heterocycles. The number of hydrogen-bond donors (Lipinski definition) is 1. The van der Waals surface area contributed by atoms with E-state index in [0.29, 0.717) is 0 Å². The minimum atomic E-state index is -4.16. The summed E-state index contributed by atoms with van der Waals surface area (Å²) in [6.45, 7) is 4.67. The molecule has 6 heteroatoms. The molecule has 0 aliphatic carbocycles. The Labute approximate surface area is 90.3 Å². The Kier molecular flexibility index (Phi) is 5.92. The second kappa shape index (κ2) is 6.39. The molecule has 0 aromatic heterocycles. The van der Waals surface area contributed by atoms with Gasteiger partial charge in [-0.05, 0) is 17.8 Å². The Morgan fingerprint density at radius 2 is 2.20 bits per heavy atom. The van der Waals surface area contributed by atoms with Crippen molar-refractivity contribution in [1.82, 2.24) is 4.90 Å². The third-order valence-electron chi connectivity index (χ3n) is 1.58. The van der Waals surface area contributed by atoms with Crippen LogP contribution in [0.25, 0.3) is 0 Å². The van der Waals surface area contributed by atoms with Crippen LogP contribution in [0, 0.1) is 0 Å². The molecule has 0 saturated carbocycles. The Balaban J connectivity index is 0.000000288. The van der Waals surface area contributed by atoms with Gasteiger partial charge < -0.3 is 4.90 Å². The van der Waals surface area contributed by atoms with Crippen LogP contribution in [0.1, 0.15) is 0 Å². The number of likely N-dealkylation sites (N-methyl/N-ethyl adjacent to an activating group) is 1. The topological polar surface area (TPSA) is 66.8 Å². The van der Waals surface area contributed by atoms with Crippen molar-refractivity contribution >= 4 is 10.4 Å². The molecular formula is C9H15NO4S. The molecule has 0 radical (unpaired) electrons. The average Bonchev–Trinajstić information content (AvgIpc) is 2.19. The highest BCUT2D eigenvalue weighted by Gasteiger charge is 1.94. The van der Waals surface area contributed by atoms with E-state index in [1.807, 2.05) is 13.1 Å². The highest BCUT2D eigenvalue weighted by Crippen LogP contribution is 2.04. The van der Waals surface area contributed by atoms with Crippen LogP contribution in [0.4, 0.5) is 0 Å². The minimum Gasteiger partial charge on any atom is -0.377 e. The number of rotatable bonds is 2. The lowest BCUT2D eigenvalue weighted by molar-refractivity contribution is 0.324. The van der Waals surface area contributed by atoms with E-state index >= 15 is 0 Å². The van der Waals surface area contributed by atoms with Gasteiger partial charge in [0, 0.05) is 13.6 Å². The zero-order valence-electron chi connectivity index (χ0n) is 8.75. The Bertz CT molecular complexity index is 356. The molecule has 15 heavy (non-hydrogen) atoms. The molecule has 1 heterocycles. The Morgan fingerprint density at radius 3 is 2.47 bits per heavy atom. The zero-order chi connectivity index (χ0) is 11.9. The molecule has 0 atom stereocenters. The van der Waals surface area contributed by atoms with E-state index in [1.54, 1.807) is 0 Å². The second-order valence-corrected chi connectivity index (χ2v) is 3.95. The SMILES string of the molecule is C=CC1=CCN(C)C=C1.COS(=O)(=O)O. The fourth-order valence-corrected chi connectivity index (χ4v) is 0.743. The van der Waals surface area contributed by atoms with Gasteiger partial charge in [0.2, 0.25) is 0 Å². The molecule has 0 aromatic rings. The Morgan fingerprint density at radius 1 is 1.67 bits per heavy atom. The fourth-order valence-electron chi connectivity index (χ4n) is 0.743. The van der Waals surface area contributed by atoms with Gasteiger partial charge in [0.15, 0.2) is 0 Å². The van der Waals surface area contributed by atoms with E-state index in [1.165, 1.54) is 5.57 Å². The highest BCUT2D eigenvalue weighted by atomic mass is 32.3. The van der Waals surface area contributed by atoms with Crippen LogP contribution >= 0.6 is 0 Å². The van der Waals surface area contributed by atoms with Crippen molar-refractivity contribution in [3.63, 3.8) is 0 Å². The van der Waals surface area contributed by atoms with Gasteiger partial charge in [-0.3, -0.25) is 8.74 Å². The summed E-state index contributed by atoms with van der Waals surface area (Å²) < 4.78 is 29.7. The van der Waals surface area contributed by atoms with E-state index in [-0.39, 0.29) is 0 Å². The lowest BCUT2D eigenvalue weighted by atomic mass is 10.2. The molecule has 0 aromatic carbocycles. The molecular weight excluding hydrogens is 218 g/mol. The first-order chi connectivity index (χ1) is 6.89. The van der Waals surface area contributed by atoms with Crippen molar-refractivity contribution < 1.29 is 17.2 Å². The summed E-state index contributed by atoms with van der Waals surface area (Å²) in [5.74, 6) is 0. The fraction of sp³-hybridized carbons (Fsp3) is 0.333. The molecule has 1 N–H and O–H groups in total. The molecule has 0 saturated heterocycles. The van der Waals surface area contributed by atoms with Crippen LogP contribution in [0.2, 0.25) is 0 Å². The maximum Gasteiger partial charge on any atom is 0.397 e. The molecule has 0 amide bonds. The molecule has 0 spiro atoms. The lowest BCUT2D eigenvalue weighted by Crippen LogP contribution is -2.12. The van der Waals surface area contributed by atoms with Gasteiger partial charge in [-0.2, -0.15) is 8.42 Å². The number of nitrogens with zero attached hydrogens (tertiary/aromatic N) is 1. The normalized spacial score (nSPS) is 15.1. The Hall–Kier alpha value is -1.11. The van der Waals surface area contributed by atoms with Crippen LogP contribution in [0.15, 0.2) is 36.6 Å². The summed E-state index contributed by atoms with van der Waals surface area (Å²) >= 11 is 0. The molecule has 0 bridgehead atoms. The quantitative estimate of drug-likeness (QED) is 0.720. The predicted molar refractivity (Wildman–Crippen MR) is 58.6 cm³/mol. The van der Waals surface area contributed by atoms with Crippen LogP contribution < -0.4 is 0 Å². The monoisotopic (exact) mass is 233 g/mol. The van der Waals surface area contributed by atoms with Gasteiger partial charge in [0.25, 0.3) is 0 Å². The summed E-state index contributed by atoms with van der Waals surface area (Å²) in [5.41, 5.74) is 1.22. The van der Waals surface area contributed by atoms with Crippen LogP contribution in [-0.2, 0) is 14.6 Å². The van der Waals surface area contributed by atoms with E-state index in [4.69, 9.17) is 4.55 Å². The van der Waals surface area contributed by atoms with E-state index < -0.39 is 10.4 Å². The van der Waals surface area contributed by atoms with Crippen molar-refractivity contribution in [3.8, 4) is 0 Å². The molecule has 0 unspecified atom stereocenters. The average molecular weight is 233 g/mol. The lowest BCUT2D eigenvalue weighted by Gasteiger charge is -2.14. The van der Waals surface area contributed by atoms with Crippen molar-refractivity contribution in [1.29, 1.82) is 0 Å². The maximum atomic E-state index is 9.33.